The molecular formula is C65H126N10O12S. The molecule has 0 heterocycles. The molecule has 22 nitrogen and oxygen atoms in total. The van der Waals surface area contributed by atoms with Gasteiger partial charge in [0.2, 0.25) is 29.5 Å². The third-order valence-corrected chi connectivity index (χ3v) is 17.0. The van der Waals surface area contributed by atoms with Gasteiger partial charge < -0.3 is 74.9 Å². The van der Waals surface area contributed by atoms with Gasteiger partial charge >= 0.3 is 17.9 Å². The van der Waals surface area contributed by atoms with Crippen LogP contribution in [0.3, 0.4) is 0 Å². The Morgan fingerprint density at radius 2 is 0.693 bits per heavy atom. The fraction of sp³-hybridized carbons (Fsp3) is 0.877. The van der Waals surface area contributed by atoms with E-state index in [1.54, 1.807) is 0 Å². The van der Waals surface area contributed by atoms with Gasteiger partial charge in [0.05, 0.1) is 12.6 Å². The topological polar surface area (TPSA) is 386 Å². The number of hydrogen-bond donors (Lipinski definition) is 12. The van der Waals surface area contributed by atoms with Gasteiger partial charge in [-0.3, -0.25) is 33.6 Å². The molecule has 0 aliphatic rings. The second kappa shape index (κ2) is 59.2. The van der Waals surface area contributed by atoms with Gasteiger partial charge in [-0.25, -0.2) is 4.79 Å². The lowest BCUT2D eigenvalue weighted by Gasteiger charge is -2.27. The van der Waals surface area contributed by atoms with E-state index in [2.05, 4.69) is 40.4 Å². The summed E-state index contributed by atoms with van der Waals surface area (Å²) < 4.78 is 11.5. The van der Waals surface area contributed by atoms with Crippen LogP contribution in [0.2, 0.25) is 0 Å². The number of nitrogens with one attached hydrogen (secondary N) is 5. The first-order chi connectivity index (χ1) is 42.6. The predicted molar refractivity (Wildman–Crippen MR) is 353 cm³/mol. The number of aliphatic carboxylic acids is 1. The molecule has 7 atom stereocenters. The molecule has 88 heavy (non-hydrogen) atoms. The van der Waals surface area contributed by atoms with E-state index in [-0.39, 0.29) is 69.2 Å². The van der Waals surface area contributed by atoms with Gasteiger partial charge in [-0.05, 0) is 116 Å². The summed E-state index contributed by atoms with van der Waals surface area (Å²) in [4.78, 5) is 107. The van der Waals surface area contributed by atoms with Gasteiger partial charge in [-0.2, -0.15) is 11.8 Å². The molecule has 0 fully saturated rings. The fourth-order valence-electron chi connectivity index (χ4n) is 10.2. The number of rotatable bonds is 63. The molecule has 0 bridgehead atoms. The van der Waals surface area contributed by atoms with Gasteiger partial charge in [-0.15, -0.1) is 0 Å². The van der Waals surface area contributed by atoms with E-state index < -0.39 is 90.4 Å². The molecule has 0 rings (SSSR count). The third kappa shape index (κ3) is 46.9. The number of carbonyl (C=O) groups is 8. The number of ether oxygens (including phenoxy) is 2. The van der Waals surface area contributed by atoms with E-state index in [9.17, 15) is 48.6 Å². The average Bonchev–Trinajstić information content (AvgIpc) is 3.53. The first-order valence-electron chi connectivity index (χ1n) is 34.5. The van der Waals surface area contributed by atoms with Crippen LogP contribution in [0.25, 0.3) is 0 Å². The zero-order valence-corrected chi connectivity index (χ0v) is 55.6. The molecule has 514 valence electrons. The number of hydrogen-bond acceptors (Lipinski definition) is 17. The largest absolute Gasteiger partial charge is 0.480 e. The number of carbonyl (C=O) groups excluding carboxylic acids is 7. The lowest BCUT2D eigenvalue weighted by atomic mass is 10.0. The Kier molecular flexibility index (Phi) is 56.4. The number of amides is 5. The molecular weight excluding hydrogens is 1140 g/mol. The minimum Gasteiger partial charge on any atom is -0.480 e. The molecule has 0 aliphatic carbocycles. The lowest BCUT2D eigenvalue weighted by molar-refractivity contribution is -0.157. The minimum absolute atomic E-state index is 0.00755. The number of aliphatic hydroxyl groups excluding tert-OH is 1. The maximum atomic E-state index is 14.1. The number of aliphatic hydroxyl groups is 1. The lowest BCUT2D eigenvalue weighted by Crippen LogP contribution is -2.59. The van der Waals surface area contributed by atoms with Crippen molar-refractivity contribution in [2.75, 3.05) is 50.9 Å². The first-order valence-corrected chi connectivity index (χ1v) is 35.6. The second-order valence-electron chi connectivity index (χ2n) is 23.9. The molecule has 0 saturated carbocycles. The number of carboxylic acids is 1. The SMILES string of the molecule is CCCCCCCCCCCCCCCC(=O)OCC(CSCC(N)C(=O)NC(CO)C(=O)NC(CCCCN)C(=O)NC(CCCCN)C(=O)NC(CCCCN)C(=O)NC(CCCCN)C(=O)O)OC(=O)CCCCCCCCCCCCCCC. The highest BCUT2D eigenvalue weighted by Gasteiger charge is 2.33. The Hall–Kier alpha value is -4.13. The van der Waals surface area contributed by atoms with E-state index in [0.29, 0.717) is 83.8 Å². The zero-order chi connectivity index (χ0) is 65.3. The average molecular weight is 1270 g/mol. The molecule has 17 N–H and O–H groups in total. The standard InChI is InChI=1S/C65H126N10O12S/c1-3-5-7-9-11-13-15-17-19-21-23-25-27-41-58(77)86-48-51(87-59(78)42-28-26-24-22-20-18-16-14-12-10-8-6-4-2)49-88-50-52(70)60(79)75-57(47-76)64(83)73-54(38-30-34-44-67)62(81)71-53(37-29-33-43-66)61(80)72-55(39-31-35-45-68)63(82)74-56(65(84)85)40-32-36-46-69/h51-57,76H,3-50,66-70H2,1-2H3,(H,71,81)(H,72,80)(H,73,83)(H,74,82)(H,75,79)(H,84,85). The summed E-state index contributed by atoms with van der Waals surface area (Å²) in [6.45, 7) is 4.72. The summed E-state index contributed by atoms with van der Waals surface area (Å²) in [6, 6.07) is -7.60. The number of nitrogens with two attached hydrogens (primary N) is 5. The Balaban J connectivity index is 5.81. The van der Waals surface area contributed by atoms with Crippen molar-refractivity contribution in [3.8, 4) is 0 Å². The van der Waals surface area contributed by atoms with Crippen LogP contribution in [-0.4, -0.2) is 151 Å². The molecule has 0 spiro atoms. The van der Waals surface area contributed by atoms with Crippen LogP contribution >= 0.6 is 11.8 Å². The molecule has 0 aromatic carbocycles. The molecule has 5 amide bonds. The van der Waals surface area contributed by atoms with Crippen molar-refractivity contribution in [3.05, 3.63) is 0 Å². The maximum Gasteiger partial charge on any atom is 0.326 e. The van der Waals surface area contributed by atoms with Gasteiger partial charge in [0, 0.05) is 24.3 Å². The van der Waals surface area contributed by atoms with Crippen LogP contribution < -0.4 is 55.3 Å². The van der Waals surface area contributed by atoms with Crippen molar-refractivity contribution >= 4 is 59.2 Å². The highest BCUT2D eigenvalue weighted by atomic mass is 32.2. The summed E-state index contributed by atoms with van der Waals surface area (Å²) in [6.07, 6.45) is 34.6. The van der Waals surface area contributed by atoms with E-state index in [1.165, 1.54) is 127 Å². The van der Waals surface area contributed by atoms with Crippen molar-refractivity contribution < 1.29 is 58.0 Å². The monoisotopic (exact) mass is 1270 g/mol. The molecule has 0 radical (unpaired) electrons. The minimum atomic E-state index is -1.54. The number of esters is 2. The maximum absolute atomic E-state index is 14.1. The van der Waals surface area contributed by atoms with Gasteiger partial charge in [0.1, 0.15) is 42.9 Å². The zero-order valence-electron chi connectivity index (χ0n) is 54.8. The summed E-state index contributed by atoms with van der Waals surface area (Å²) in [5.41, 5.74) is 29.1. The third-order valence-electron chi connectivity index (χ3n) is 15.8. The Morgan fingerprint density at radius 3 is 1.03 bits per heavy atom. The van der Waals surface area contributed by atoms with Crippen LogP contribution in [0.4, 0.5) is 0 Å². The van der Waals surface area contributed by atoms with Crippen molar-refractivity contribution in [1.82, 2.24) is 26.6 Å². The molecule has 23 heteroatoms. The smallest absolute Gasteiger partial charge is 0.326 e. The number of carboxylic acid groups (broad SMARTS) is 1. The fourth-order valence-corrected chi connectivity index (χ4v) is 11.2. The Labute approximate surface area is 534 Å². The quantitative estimate of drug-likeness (QED) is 0.0207. The van der Waals surface area contributed by atoms with Crippen molar-refractivity contribution in [2.24, 2.45) is 28.7 Å². The molecule has 0 aromatic heterocycles. The van der Waals surface area contributed by atoms with Gasteiger partial charge in [-0.1, -0.05) is 168 Å². The summed E-state index contributed by atoms with van der Waals surface area (Å²) in [7, 11) is 0. The normalized spacial score (nSPS) is 13.7. The van der Waals surface area contributed by atoms with E-state index in [1.807, 2.05) is 0 Å². The summed E-state index contributed by atoms with van der Waals surface area (Å²) >= 11 is 1.20. The van der Waals surface area contributed by atoms with Gasteiger partial charge in [0.25, 0.3) is 0 Å². The van der Waals surface area contributed by atoms with Crippen molar-refractivity contribution in [2.45, 2.75) is 313 Å². The predicted octanol–water partition coefficient (Wildman–Crippen LogP) is 7.48. The van der Waals surface area contributed by atoms with Crippen LogP contribution in [0, 0.1) is 0 Å². The van der Waals surface area contributed by atoms with Crippen LogP contribution in [0.15, 0.2) is 0 Å². The van der Waals surface area contributed by atoms with E-state index in [0.717, 1.165) is 38.5 Å². The molecule has 7 unspecified atom stereocenters. The molecule has 0 saturated heterocycles. The highest BCUT2D eigenvalue weighted by molar-refractivity contribution is 7.99. The highest BCUT2D eigenvalue weighted by Crippen LogP contribution is 2.18. The molecule has 0 aromatic rings. The number of thioether (sulfide) groups is 1. The van der Waals surface area contributed by atoms with Crippen molar-refractivity contribution in [3.63, 3.8) is 0 Å². The van der Waals surface area contributed by atoms with Gasteiger partial charge in [0.15, 0.2) is 0 Å². The van der Waals surface area contributed by atoms with Crippen LogP contribution in [0.5, 0.6) is 0 Å². The first kappa shape index (κ1) is 83.9. The Morgan fingerprint density at radius 1 is 0.386 bits per heavy atom. The molecule has 0 aliphatic heterocycles. The van der Waals surface area contributed by atoms with Crippen LogP contribution in [-0.2, 0) is 47.8 Å². The van der Waals surface area contributed by atoms with E-state index >= 15 is 0 Å². The second-order valence-corrected chi connectivity index (χ2v) is 25.0. The van der Waals surface area contributed by atoms with Crippen LogP contribution in [0.1, 0.15) is 271 Å². The van der Waals surface area contributed by atoms with E-state index in [4.69, 9.17) is 38.1 Å². The Bertz CT molecular complexity index is 1810. The summed E-state index contributed by atoms with van der Waals surface area (Å²) in [5.74, 6) is -5.71. The van der Waals surface area contributed by atoms with Crippen molar-refractivity contribution in [1.29, 1.82) is 0 Å². The summed E-state index contributed by atoms with van der Waals surface area (Å²) in [5, 5.41) is 33.2. The number of unbranched alkanes of at least 4 members (excludes halogenated alkanes) is 28.